The highest BCUT2D eigenvalue weighted by molar-refractivity contribution is 6.05. The number of benzene rings is 3. The van der Waals surface area contributed by atoms with Gasteiger partial charge < -0.3 is 10.2 Å². The molecule has 1 aliphatic heterocycles. The summed E-state index contributed by atoms with van der Waals surface area (Å²) in [7, 11) is 0. The molecule has 3 aromatic carbocycles. The molecule has 0 aromatic heterocycles. The maximum absolute atomic E-state index is 14.3. The summed E-state index contributed by atoms with van der Waals surface area (Å²) in [5.74, 6) is -1.35. The number of fused-ring (bicyclic) bond motifs is 1. The van der Waals surface area contributed by atoms with Gasteiger partial charge in [-0.05, 0) is 42.2 Å². The fraction of sp³-hybridized carbons (Fsp3) is 0.259. The molecule has 1 heterocycles. The molecule has 32 heavy (non-hydrogen) atoms. The van der Waals surface area contributed by atoms with E-state index in [1.807, 2.05) is 53.4 Å². The first-order chi connectivity index (χ1) is 15.6. The first-order valence-corrected chi connectivity index (χ1v) is 11.1. The SMILES string of the molecule is O=C(Nc1ccccc1F)[C@@H]1c2ccccc2C(=O)N(Cc2ccccc2)C12CCCC2. The molecule has 162 valence electrons. The van der Waals surface area contributed by atoms with Gasteiger partial charge in [-0.25, -0.2) is 4.39 Å². The minimum atomic E-state index is -0.628. The maximum Gasteiger partial charge on any atom is 0.254 e. The van der Waals surface area contributed by atoms with Crippen LogP contribution < -0.4 is 5.32 Å². The molecule has 0 unspecified atom stereocenters. The normalized spacial score (nSPS) is 19.1. The van der Waals surface area contributed by atoms with Gasteiger partial charge >= 0.3 is 0 Å². The standard InChI is InChI=1S/C27H25FN2O2/c28-22-14-6-7-15-23(22)29-25(31)24-20-12-4-5-13-21(20)26(32)30(27(24)16-8-9-17-27)18-19-10-2-1-3-11-19/h1-7,10-15,24H,8-9,16-18H2,(H,29,31)/t24-/m0/s1. The van der Waals surface area contributed by atoms with Crippen molar-refractivity contribution in [1.29, 1.82) is 0 Å². The second-order valence-electron chi connectivity index (χ2n) is 8.68. The van der Waals surface area contributed by atoms with Gasteiger partial charge in [-0.2, -0.15) is 0 Å². The lowest BCUT2D eigenvalue weighted by Gasteiger charge is -2.50. The number of hydrogen-bond acceptors (Lipinski definition) is 2. The van der Waals surface area contributed by atoms with Crippen molar-refractivity contribution in [1.82, 2.24) is 4.90 Å². The van der Waals surface area contributed by atoms with E-state index >= 15 is 0 Å². The summed E-state index contributed by atoms with van der Waals surface area (Å²) in [5.41, 5.74) is 1.85. The highest BCUT2D eigenvalue weighted by Gasteiger charge is 2.55. The molecule has 2 amide bonds. The number of anilines is 1. The summed E-state index contributed by atoms with van der Waals surface area (Å²) in [5, 5.41) is 2.82. The van der Waals surface area contributed by atoms with Crippen molar-refractivity contribution in [2.75, 3.05) is 5.32 Å². The molecule has 0 radical (unpaired) electrons. The molecule has 3 aromatic rings. The van der Waals surface area contributed by atoms with Crippen LogP contribution in [0.3, 0.4) is 0 Å². The monoisotopic (exact) mass is 428 g/mol. The van der Waals surface area contributed by atoms with E-state index in [0.29, 0.717) is 12.1 Å². The molecule has 5 heteroatoms. The quantitative estimate of drug-likeness (QED) is 0.595. The fourth-order valence-corrected chi connectivity index (χ4v) is 5.43. The Kier molecular flexibility index (Phi) is 5.25. The van der Waals surface area contributed by atoms with Gasteiger partial charge in [-0.1, -0.05) is 73.5 Å². The summed E-state index contributed by atoms with van der Waals surface area (Å²) < 4.78 is 14.3. The van der Waals surface area contributed by atoms with Crippen LogP contribution in [0.1, 0.15) is 53.1 Å². The zero-order valence-electron chi connectivity index (χ0n) is 17.8. The van der Waals surface area contributed by atoms with Gasteiger partial charge in [0.05, 0.1) is 17.1 Å². The van der Waals surface area contributed by atoms with E-state index in [4.69, 9.17) is 0 Å². The van der Waals surface area contributed by atoms with Crippen LogP contribution in [0.5, 0.6) is 0 Å². The van der Waals surface area contributed by atoms with E-state index in [1.165, 1.54) is 6.07 Å². The molecule has 2 aliphatic rings. The van der Waals surface area contributed by atoms with Crippen molar-refractivity contribution in [3.63, 3.8) is 0 Å². The van der Waals surface area contributed by atoms with E-state index in [1.54, 1.807) is 24.3 Å². The average Bonchev–Trinajstić information content (AvgIpc) is 3.29. The van der Waals surface area contributed by atoms with Crippen LogP contribution in [0.25, 0.3) is 0 Å². The highest BCUT2D eigenvalue weighted by atomic mass is 19.1. The zero-order valence-corrected chi connectivity index (χ0v) is 17.8. The van der Waals surface area contributed by atoms with Crippen LogP contribution in [0.4, 0.5) is 10.1 Å². The number of carbonyl (C=O) groups is 2. The van der Waals surface area contributed by atoms with E-state index in [9.17, 15) is 14.0 Å². The largest absolute Gasteiger partial charge is 0.327 e. The Morgan fingerprint density at radius 3 is 2.34 bits per heavy atom. The second-order valence-corrected chi connectivity index (χ2v) is 8.68. The van der Waals surface area contributed by atoms with E-state index in [-0.39, 0.29) is 17.5 Å². The summed E-state index contributed by atoms with van der Waals surface area (Å²) in [4.78, 5) is 29.3. The molecular weight excluding hydrogens is 403 g/mol. The molecule has 1 fully saturated rings. The van der Waals surface area contributed by atoms with Crippen LogP contribution in [0, 0.1) is 5.82 Å². The van der Waals surface area contributed by atoms with Crippen molar-refractivity contribution < 1.29 is 14.0 Å². The first kappa shape index (κ1) is 20.4. The predicted octanol–water partition coefficient (Wildman–Crippen LogP) is 5.52. The lowest BCUT2D eigenvalue weighted by Crippen LogP contribution is -2.59. The molecule has 1 N–H and O–H groups in total. The third kappa shape index (κ3) is 3.38. The second kappa shape index (κ2) is 8.23. The van der Waals surface area contributed by atoms with Crippen molar-refractivity contribution >= 4 is 17.5 Å². The summed E-state index contributed by atoms with van der Waals surface area (Å²) >= 11 is 0. The molecule has 4 nitrogen and oxygen atoms in total. The van der Waals surface area contributed by atoms with Crippen molar-refractivity contribution in [3.05, 3.63) is 101 Å². The molecule has 0 saturated heterocycles. The lowest BCUT2D eigenvalue weighted by atomic mass is 9.71. The van der Waals surface area contributed by atoms with E-state index in [2.05, 4.69) is 5.32 Å². The van der Waals surface area contributed by atoms with Gasteiger partial charge in [0.25, 0.3) is 5.91 Å². The molecular formula is C27H25FN2O2. The average molecular weight is 429 g/mol. The number of nitrogens with one attached hydrogen (secondary N) is 1. The van der Waals surface area contributed by atoms with Crippen LogP contribution in [0.15, 0.2) is 78.9 Å². The molecule has 1 aliphatic carbocycles. The third-order valence-corrected chi connectivity index (χ3v) is 6.87. The fourth-order valence-electron chi connectivity index (χ4n) is 5.43. The van der Waals surface area contributed by atoms with Crippen LogP contribution in [-0.4, -0.2) is 22.3 Å². The van der Waals surface area contributed by atoms with Gasteiger partial charge in [-0.3, -0.25) is 9.59 Å². The Hall–Kier alpha value is -3.47. The number of para-hydroxylation sites is 1. The minimum Gasteiger partial charge on any atom is -0.327 e. The summed E-state index contributed by atoms with van der Waals surface area (Å²) in [6.07, 6.45) is 3.39. The Balaban J connectivity index is 1.61. The lowest BCUT2D eigenvalue weighted by molar-refractivity contribution is -0.121. The van der Waals surface area contributed by atoms with E-state index < -0.39 is 17.3 Å². The Bertz CT molecular complexity index is 1160. The molecule has 1 atom stereocenters. The molecule has 1 saturated carbocycles. The van der Waals surface area contributed by atoms with Gasteiger partial charge in [0.1, 0.15) is 5.82 Å². The van der Waals surface area contributed by atoms with Gasteiger partial charge in [0.2, 0.25) is 5.91 Å². The first-order valence-electron chi connectivity index (χ1n) is 11.1. The number of hydrogen-bond donors (Lipinski definition) is 1. The Labute approximate surface area is 187 Å². The van der Waals surface area contributed by atoms with Crippen LogP contribution >= 0.6 is 0 Å². The Morgan fingerprint density at radius 2 is 1.59 bits per heavy atom. The zero-order chi connectivity index (χ0) is 22.1. The highest BCUT2D eigenvalue weighted by Crippen LogP contribution is 2.51. The number of amides is 2. The van der Waals surface area contributed by atoms with Gasteiger partial charge in [0, 0.05) is 12.1 Å². The summed E-state index contributed by atoms with van der Waals surface area (Å²) in [6.45, 7) is 0.442. The predicted molar refractivity (Wildman–Crippen MR) is 122 cm³/mol. The number of carbonyl (C=O) groups excluding carboxylic acids is 2. The van der Waals surface area contributed by atoms with Crippen molar-refractivity contribution in [2.45, 2.75) is 43.7 Å². The van der Waals surface area contributed by atoms with Crippen molar-refractivity contribution in [3.8, 4) is 0 Å². The Morgan fingerprint density at radius 1 is 0.938 bits per heavy atom. The third-order valence-electron chi connectivity index (χ3n) is 6.87. The molecule has 5 rings (SSSR count). The van der Waals surface area contributed by atoms with E-state index in [0.717, 1.165) is 36.8 Å². The van der Waals surface area contributed by atoms with Crippen molar-refractivity contribution in [2.24, 2.45) is 0 Å². The number of halogens is 1. The maximum atomic E-state index is 14.3. The number of rotatable bonds is 4. The topological polar surface area (TPSA) is 49.4 Å². The van der Waals surface area contributed by atoms with Crippen LogP contribution in [-0.2, 0) is 11.3 Å². The summed E-state index contributed by atoms with van der Waals surface area (Å²) in [6, 6.07) is 23.4. The smallest absolute Gasteiger partial charge is 0.254 e. The van der Waals surface area contributed by atoms with Gasteiger partial charge in [-0.15, -0.1) is 0 Å². The van der Waals surface area contributed by atoms with Crippen LogP contribution in [0.2, 0.25) is 0 Å². The molecule has 0 bridgehead atoms. The minimum absolute atomic E-state index is 0.0405. The number of nitrogens with zero attached hydrogens (tertiary/aromatic N) is 1. The molecule has 1 spiro atoms. The van der Waals surface area contributed by atoms with Gasteiger partial charge in [0.15, 0.2) is 0 Å².